The van der Waals surface area contributed by atoms with E-state index in [1.807, 2.05) is 35.8 Å². The number of fused-ring (bicyclic) bond motifs is 1. The molecule has 0 N–H and O–H groups in total. The average molecular weight is 482 g/mol. The van der Waals surface area contributed by atoms with Crippen LogP contribution in [0.15, 0.2) is 50.5 Å². The van der Waals surface area contributed by atoms with Crippen molar-refractivity contribution >= 4 is 54.1 Å². The fourth-order valence-electron chi connectivity index (χ4n) is 3.53. The number of hydrogen-bond acceptors (Lipinski definition) is 4. The lowest BCUT2D eigenvalue weighted by molar-refractivity contribution is -0.132. The summed E-state index contributed by atoms with van der Waals surface area (Å²) < 4.78 is 30.1. The zero-order chi connectivity index (χ0) is 19.9. The largest absolute Gasteiger partial charge is 0.339 e. The normalized spacial score (nSPS) is 16.0. The third-order valence-corrected chi connectivity index (χ3v) is 9.03. The number of aryl methyl sites for hydroxylation is 1. The number of amides is 1. The van der Waals surface area contributed by atoms with Crippen molar-refractivity contribution in [1.82, 2.24) is 13.8 Å². The van der Waals surface area contributed by atoms with Gasteiger partial charge >= 0.3 is 0 Å². The van der Waals surface area contributed by atoms with Crippen LogP contribution in [0.2, 0.25) is 0 Å². The first-order chi connectivity index (χ1) is 13.4. The minimum atomic E-state index is -3.50. The van der Waals surface area contributed by atoms with Gasteiger partial charge in [0, 0.05) is 37.4 Å². The second kappa shape index (κ2) is 7.62. The van der Waals surface area contributed by atoms with Crippen molar-refractivity contribution in [3.05, 3.63) is 51.9 Å². The summed E-state index contributed by atoms with van der Waals surface area (Å²) in [5.74, 6) is 0.0142. The van der Waals surface area contributed by atoms with Crippen molar-refractivity contribution in [1.29, 1.82) is 0 Å². The molecular weight excluding hydrogens is 462 g/mol. The molecular formula is C19H20BrN3O3S2. The van der Waals surface area contributed by atoms with Gasteiger partial charge in [0.15, 0.2) is 0 Å². The summed E-state index contributed by atoms with van der Waals surface area (Å²) in [6.07, 6.45) is 0. The molecule has 2 aromatic heterocycles. The molecule has 1 aliphatic rings. The van der Waals surface area contributed by atoms with Crippen LogP contribution >= 0.6 is 27.3 Å². The maximum absolute atomic E-state index is 12.8. The summed E-state index contributed by atoms with van der Waals surface area (Å²) in [5.41, 5.74) is 2.08. The number of thiophene rings is 1. The van der Waals surface area contributed by atoms with E-state index in [0.717, 1.165) is 20.4 Å². The monoisotopic (exact) mass is 481 g/mol. The molecule has 0 unspecified atom stereocenters. The molecule has 6 nitrogen and oxygen atoms in total. The van der Waals surface area contributed by atoms with Crippen LogP contribution in [0.5, 0.6) is 0 Å². The fourth-order valence-corrected chi connectivity index (χ4v) is 7.12. The highest BCUT2D eigenvalue weighted by molar-refractivity contribution is 9.11. The summed E-state index contributed by atoms with van der Waals surface area (Å²) >= 11 is 4.51. The molecule has 0 spiro atoms. The fraction of sp³-hybridized carbons (Fsp3) is 0.316. The van der Waals surface area contributed by atoms with E-state index in [2.05, 4.69) is 22.0 Å². The van der Waals surface area contributed by atoms with Crippen LogP contribution in [-0.4, -0.2) is 54.3 Å². The second-order valence-corrected chi connectivity index (χ2v) is 11.4. The maximum Gasteiger partial charge on any atom is 0.252 e. The van der Waals surface area contributed by atoms with Gasteiger partial charge in [-0.05, 0) is 52.5 Å². The van der Waals surface area contributed by atoms with Gasteiger partial charge in [-0.1, -0.05) is 18.2 Å². The van der Waals surface area contributed by atoms with E-state index in [4.69, 9.17) is 0 Å². The summed E-state index contributed by atoms with van der Waals surface area (Å²) in [5, 5.41) is 1.12. The topological polar surface area (TPSA) is 62.6 Å². The van der Waals surface area contributed by atoms with Crippen LogP contribution in [0.4, 0.5) is 0 Å². The molecule has 0 saturated carbocycles. The summed E-state index contributed by atoms with van der Waals surface area (Å²) in [6.45, 7) is 3.70. The van der Waals surface area contributed by atoms with Gasteiger partial charge in [-0.3, -0.25) is 4.79 Å². The minimum absolute atomic E-state index is 0.0142. The van der Waals surface area contributed by atoms with Crippen molar-refractivity contribution in [3.63, 3.8) is 0 Å². The molecule has 4 rings (SSSR count). The number of aromatic nitrogens is 1. The zero-order valence-corrected chi connectivity index (χ0v) is 18.6. The van der Waals surface area contributed by atoms with Crippen molar-refractivity contribution in [2.45, 2.75) is 17.7 Å². The van der Waals surface area contributed by atoms with Crippen molar-refractivity contribution < 1.29 is 13.2 Å². The number of piperazine rings is 1. The third kappa shape index (κ3) is 3.63. The highest BCUT2D eigenvalue weighted by Gasteiger charge is 2.31. The van der Waals surface area contributed by atoms with Gasteiger partial charge in [-0.25, -0.2) is 8.42 Å². The SMILES string of the molecule is Cc1cc2ccccc2n1CC(=O)N1CCN(S(=O)(=O)c2ccc(Br)s2)CC1. The minimum Gasteiger partial charge on any atom is -0.339 e. The number of carbonyl (C=O) groups excluding carboxylic acids is 1. The summed E-state index contributed by atoms with van der Waals surface area (Å²) in [4.78, 5) is 14.6. The molecule has 3 aromatic rings. The lowest BCUT2D eigenvalue weighted by atomic mass is 10.2. The van der Waals surface area contributed by atoms with Gasteiger partial charge in [0.05, 0.1) is 3.79 Å². The third-order valence-electron chi connectivity index (χ3n) is 5.05. The Hall–Kier alpha value is -1.68. The second-order valence-electron chi connectivity index (χ2n) is 6.77. The van der Waals surface area contributed by atoms with Crippen molar-refractivity contribution in [3.8, 4) is 0 Å². The number of para-hydroxylation sites is 1. The van der Waals surface area contributed by atoms with Crippen LogP contribution in [-0.2, 0) is 21.4 Å². The summed E-state index contributed by atoms with van der Waals surface area (Å²) in [7, 11) is -3.50. The molecule has 9 heteroatoms. The molecule has 0 aliphatic carbocycles. The Morgan fingerprint density at radius 2 is 1.82 bits per heavy atom. The Labute approximate surface area is 176 Å². The molecule has 148 valence electrons. The molecule has 1 amide bonds. The molecule has 1 saturated heterocycles. The number of sulfonamides is 1. The van der Waals surface area contributed by atoms with E-state index in [1.54, 1.807) is 17.0 Å². The van der Waals surface area contributed by atoms with Gasteiger partial charge in [0.1, 0.15) is 10.8 Å². The Morgan fingerprint density at radius 3 is 2.50 bits per heavy atom. The first-order valence-electron chi connectivity index (χ1n) is 8.94. The first kappa shape index (κ1) is 19.6. The predicted molar refractivity (Wildman–Crippen MR) is 114 cm³/mol. The van der Waals surface area contributed by atoms with E-state index in [0.29, 0.717) is 30.4 Å². The van der Waals surface area contributed by atoms with Crippen molar-refractivity contribution in [2.75, 3.05) is 26.2 Å². The average Bonchev–Trinajstić information content (AvgIpc) is 3.26. The van der Waals surface area contributed by atoms with E-state index < -0.39 is 10.0 Å². The number of carbonyl (C=O) groups is 1. The predicted octanol–water partition coefficient (Wildman–Crippen LogP) is 3.31. The van der Waals surface area contributed by atoms with Crippen LogP contribution in [0.25, 0.3) is 10.9 Å². The molecule has 0 radical (unpaired) electrons. The van der Waals surface area contributed by atoms with Gasteiger partial charge < -0.3 is 9.47 Å². The lowest BCUT2D eigenvalue weighted by Crippen LogP contribution is -2.51. The smallest absolute Gasteiger partial charge is 0.252 e. The quantitative estimate of drug-likeness (QED) is 0.574. The van der Waals surface area contributed by atoms with Crippen LogP contribution in [0.3, 0.4) is 0 Å². The first-order valence-corrected chi connectivity index (χ1v) is 12.0. The van der Waals surface area contributed by atoms with Gasteiger partial charge in [-0.15, -0.1) is 11.3 Å². The number of hydrogen-bond donors (Lipinski definition) is 0. The molecule has 1 aromatic carbocycles. The molecule has 0 bridgehead atoms. The number of rotatable bonds is 4. The number of benzene rings is 1. The van der Waals surface area contributed by atoms with Crippen LogP contribution in [0.1, 0.15) is 5.69 Å². The molecule has 3 heterocycles. The van der Waals surface area contributed by atoms with E-state index >= 15 is 0 Å². The zero-order valence-electron chi connectivity index (χ0n) is 15.3. The van der Waals surface area contributed by atoms with Crippen molar-refractivity contribution in [2.24, 2.45) is 0 Å². The van der Waals surface area contributed by atoms with Gasteiger partial charge in [0.2, 0.25) is 5.91 Å². The van der Waals surface area contributed by atoms with E-state index in [-0.39, 0.29) is 12.5 Å². The van der Waals surface area contributed by atoms with E-state index in [1.165, 1.54) is 15.6 Å². The molecule has 1 fully saturated rings. The highest BCUT2D eigenvalue weighted by atomic mass is 79.9. The Bertz CT molecular complexity index is 1130. The Morgan fingerprint density at radius 1 is 1.11 bits per heavy atom. The summed E-state index contributed by atoms with van der Waals surface area (Å²) in [6, 6.07) is 13.4. The number of nitrogens with zero attached hydrogens (tertiary/aromatic N) is 3. The Kier molecular flexibility index (Phi) is 5.34. The van der Waals surface area contributed by atoms with Crippen LogP contribution < -0.4 is 0 Å². The Balaban J connectivity index is 1.43. The molecule has 0 atom stereocenters. The highest BCUT2D eigenvalue weighted by Crippen LogP contribution is 2.29. The van der Waals surface area contributed by atoms with Gasteiger partial charge in [0.25, 0.3) is 10.0 Å². The van der Waals surface area contributed by atoms with Crippen LogP contribution in [0, 0.1) is 6.92 Å². The van der Waals surface area contributed by atoms with E-state index in [9.17, 15) is 13.2 Å². The number of halogens is 1. The molecule has 1 aliphatic heterocycles. The lowest BCUT2D eigenvalue weighted by Gasteiger charge is -2.34. The van der Waals surface area contributed by atoms with Gasteiger partial charge in [-0.2, -0.15) is 4.31 Å². The maximum atomic E-state index is 12.8. The molecule has 28 heavy (non-hydrogen) atoms. The standard InChI is InChI=1S/C19H20BrN3O3S2/c1-14-12-15-4-2-3-5-16(15)23(14)13-18(24)21-8-10-22(11-9-21)28(25,26)19-7-6-17(20)27-19/h2-7,12H,8-11,13H2,1H3.